The van der Waals surface area contributed by atoms with Gasteiger partial charge in [0.1, 0.15) is 23.1 Å². The Balaban J connectivity index is 1.79. The van der Waals surface area contributed by atoms with Gasteiger partial charge in [0.2, 0.25) is 0 Å². The van der Waals surface area contributed by atoms with Crippen LogP contribution in [0, 0.1) is 6.92 Å². The molecule has 0 atom stereocenters. The lowest BCUT2D eigenvalue weighted by Gasteiger charge is -2.08. The van der Waals surface area contributed by atoms with Gasteiger partial charge in [-0.2, -0.15) is 0 Å². The number of pyridine rings is 1. The van der Waals surface area contributed by atoms with Crippen molar-refractivity contribution in [1.82, 2.24) is 9.97 Å². The highest BCUT2D eigenvalue weighted by Crippen LogP contribution is 2.24. The zero-order valence-corrected chi connectivity index (χ0v) is 11.9. The van der Waals surface area contributed by atoms with Crippen molar-refractivity contribution in [3.8, 4) is 5.75 Å². The van der Waals surface area contributed by atoms with Gasteiger partial charge in [0.15, 0.2) is 0 Å². The Morgan fingerprint density at radius 2 is 2.00 bits per heavy atom. The van der Waals surface area contributed by atoms with Gasteiger partial charge in [0.05, 0.1) is 16.8 Å². The molecular weight excluding hydrogens is 272 g/mol. The number of aliphatic hydroxyl groups excluding tert-OH is 1. The van der Waals surface area contributed by atoms with Gasteiger partial charge in [-0.1, -0.05) is 12.1 Å². The van der Waals surface area contributed by atoms with E-state index in [4.69, 9.17) is 4.74 Å². The first kappa shape index (κ1) is 13.0. The van der Waals surface area contributed by atoms with Crippen LogP contribution in [0.4, 0.5) is 0 Å². The number of ether oxygens (including phenoxy) is 1. The Bertz CT molecular complexity index is 707. The topological polar surface area (TPSA) is 55.2 Å². The van der Waals surface area contributed by atoms with E-state index >= 15 is 0 Å². The van der Waals surface area contributed by atoms with Crippen LogP contribution in [0.2, 0.25) is 0 Å². The zero-order chi connectivity index (χ0) is 13.9. The van der Waals surface area contributed by atoms with Crippen molar-refractivity contribution in [2.45, 2.75) is 20.1 Å². The highest BCUT2D eigenvalue weighted by atomic mass is 32.1. The molecular formula is C15H14N2O2S. The molecule has 20 heavy (non-hydrogen) atoms. The number of hydrogen-bond donors (Lipinski definition) is 1. The summed E-state index contributed by atoms with van der Waals surface area (Å²) in [6, 6.07) is 11.7. The average molecular weight is 286 g/mol. The molecule has 0 aliphatic rings. The molecule has 1 N–H and O–H groups in total. The number of para-hydroxylation sites is 1. The molecule has 0 spiro atoms. The number of aryl methyl sites for hydroxylation is 1. The molecule has 5 heteroatoms. The van der Waals surface area contributed by atoms with E-state index in [0.29, 0.717) is 18.1 Å². The molecule has 0 aliphatic heterocycles. The lowest BCUT2D eigenvalue weighted by molar-refractivity contribution is 0.253. The minimum Gasteiger partial charge on any atom is -0.484 e. The summed E-state index contributed by atoms with van der Waals surface area (Å²) in [6.07, 6.45) is 0. The van der Waals surface area contributed by atoms with Crippen LogP contribution in [0.25, 0.3) is 10.2 Å². The molecule has 2 aromatic heterocycles. The fraction of sp³-hybridized carbons (Fsp3) is 0.200. The van der Waals surface area contributed by atoms with Crippen LogP contribution < -0.4 is 4.74 Å². The molecule has 3 rings (SSSR count). The Morgan fingerprint density at radius 1 is 1.15 bits per heavy atom. The number of fused-ring (bicyclic) bond motifs is 1. The van der Waals surface area contributed by atoms with Gasteiger partial charge >= 0.3 is 0 Å². The van der Waals surface area contributed by atoms with Crippen LogP contribution in [0.3, 0.4) is 0 Å². The Kier molecular flexibility index (Phi) is 3.62. The van der Waals surface area contributed by atoms with Gasteiger partial charge in [-0.3, -0.25) is 4.98 Å². The summed E-state index contributed by atoms with van der Waals surface area (Å²) < 4.78 is 6.87. The fourth-order valence-corrected chi connectivity index (χ4v) is 2.84. The number of aromatic nitrogens is 2. The highest BCUT2D eigenvalue weighted by Gasteiger charge is 2.08. The van der Waals surface area contributed by atoms with Crippen LogP contribution in [0.15, 0.2) is 36.4 Å². The molecule has 102 valence electrons. The monoisotopic (exact) mass is 286 g/mol. The SMILES string of the molecule is Cc1ccc(OCc2nc3ccccc3s2)c(CO)n1. The van der Waals surface area contributed by atoms with Gasteiger partial charge in [-0.05, 0) is 31.2 Å². The van der Waals surface area contributed by atoms with Crippen LogP contribution in [-0.4, -0.2) is 15.1 Å². The standard InChI is InChI=1S/C15H14N2O2S/c1-10-6-7-13(12(8-18)16-10)19-9-15-17-11-4-2-3-5-14(11)20-15/h2-7,18H,8-9H2,1H3. The number of aliphatic hydroxyl groups is 1. The maximum atomic E-state index is 9.30. The van der Waals surface area contributed by atoms with Crippen molar-refractivity contribution >= 4 is 21.6 Å². The molecule has 0 saturated carbocycles. The van der Waals surface area contributed by atoms with Gasteiger partial charge < -0.3 is 9.84 Å². The second-order valence-corrected chi connectivity index (χ2v) is 5.53. The molecule has 3 aromatic rings. The second-order valence-electron chi connectivity index (χ2n) is 4.42. The number of rotatable bonds is 4. The smallest absolute Gasteiger partial charge is 0.143 e. The molecule has 0 aliphatic carbocycles. The summed E-state index contributed by atoms with van der Waals surface area (Å²) in [5, 5.41) is 10.2. The minimum absolute atomic E-state index is 0.128. The quantitative estimate of drug-likeness (QED) is 0.801. The molecule has 2 heterocycles. The van der Waals surface area contributed by atoms with E-state index < -0.39 is 0 Å². The predicted octanol–water partition coefficient (Wildman–Crippen LogP) is 3.07. The van der Waals surface area contributed by atoms with Crippen LogP contribution in [-0.2, 0) is 13.2 Å². The first-order valence-corrected chi connectivity index (χ1v) is 7.12. The van der Waals surface area contributed by atoms with E-state index in [2.05, 4.69) is 9.97 Å². The zero-order valence-electron chi connectivity index (χ0n) is 11.0. The van der Waals surface area contributed by atoms with Gasteiger partial charge in [-0.15, -0.1) is 11.3 Å². The first-order valence-electron chi connectivity index (χ1n) is 6.31. The van der Waals surface area contributed by atoms with Crippen LogP contribution in [0.1, 0.15) is 16.4 Å². The van der Waals surface area contributed by atoms with E-state index in [1.54, 1.807) is 11.3 Å². The van der Waals surface area contributed by atoms with Gasteiger partial charge in [0.25, 0.3) is 0 Å². The van der Waals surface area contributed by atoms with Gasteiger partial charge in [-0.25, -0.2) is 4.98 Å². The number of nitrogens with zero attached hydrogens (tertiary/aromatic N) is 2. The van der Waals surface area contributed by atoms with E-state index in [9.17, 15) is 5.11 Å². The fourth-order valence-electron chi connectivity index (χ4n) is 1.96. The third-order valence-electron chi connectivity index (χ3n) is 2.91. The second kappa shape index (κ2) is 5.56. The average Bonchev–Trinajstić information content (AvgIpc) is 2.88. The lowest BCUT2D eigenvalue weighted by Crippen LogP contribution is -2.01. The first-order chi connectivity index (χ1) is 9.76. The molecule has 4 nitrogen and oxygen atoms in total. The normalized spacial score (nSPS) is 10.9. The van der Waals surface area contributed by atoms with Gasteiger partial charge in [0, 0.05) is 5.69 Å². The number of hydrogen-bond acceptors (Lipinski definition) is 5. The summed E-state index contributed by atoms with van der Waals surface area (Å²) in [6.45, 7) is 2.14. The maximum Gasteiger partial charge on any atom is 0.143 e. The summed E-state index contributed by atoms with van der Waals surface area (Å²) in [7, 11) is 0. The Labute approximate surface area is 120 Å². The minimum atomic E-state index is -0.128. The third kappa shape index (κ3) is 2.64. The Hall–Kier alpha value is -1.98. The molecule has 0 amide bonds. The maximum absolute atomic E-state index is 9.30. The van der Waals surface area contributed by atoms with E-state index in [1.807, 2.05) is 43.3 Å². The largest absolute Gasteiger partial charge is 0.484 e. The number of thiazole rings is 1. The summed E-state index contributed by atoms with van der Waals surface area (Å²) in [5.74, 6) is 0.609. The predicted molar refractivity (Wildman–Crippen MR) is 78.8 cm³/mol. The van der Waals surface area contributed by atoms with Crippen molar-refractivity contribution in [2.24, 2.45) is 0 Å². The molecule has 0 radical (unpaired) electrons. The van der Waals surface area contributed by atoms with E-state index in [1.165, 1.54) is 0 Å². The van der Waals surface area contributed by atoms with Crippen molar-refractivity contribution in [3.63, 3.8) is 0 Å². The molecule has 0 bridgehead atoms. The summed E-state index contributed by atoms with van der Waals surface area (Å²) in [4.78, 5) is 8.77. The van der Waals surface area contributed by atoms with Crippen LogP contribution in [0.5, 0.6) is 5.75 Å². The van der Waals surface area contributed by atoms with E-state index in [-0.39, 0.29) is 6.61 Å². The molecule has 0 fully saturated rings. The molecule has 0 saturated heterocycles. The van der Waals surface area contributed by atoms with Crippen molar-refractivity contribution < 1.29 is 9.84 Å². The van der Waals surface area contributed by atoms with Crippen molar-refractivity contribution in [3.05, 3.63) is 52.8 Å². The highest BCUT2D eigenvalue weighted by molar-refractivity contribution is 7.18. The summed E-state index contributed by atoms with van der Waals surface area (Å²) >= 11 is 1.61. The van der Waals surface area contributed by atoms with Crippen LogP contribution >= 0.6 is 11.3 Å². The van der Waals surface area contributed by atoms with Crippen molar-refractivity contribution in [2.75, 3.05) is 0 Å². The molecule has 1 aromatic carbocycles. The molecule has 0 unspecified atom stereocenters. The van der Waals surface area contributed by atoms with Crippen molar-refractivity contribution in [1.29, 1.82) is 0 Å². The number of benzene rings is 1. The van der Waals surface area contributed by atoms with E-state index in [0.717, 1.165) is 20.9 Å². The third-order valence-corrected chi connectivity index (χ3v) is 3.92. The lowest BCUT2D eigenvalue weighted by atomic mass is 10.3. The summed E-state index contributed by atoms with van der Waals surface area (Å²) in [5.41, 5.74) is 2.41. The Morgan fingerprint density at radius 3 is 2.80 bits per heavy atom.